The van der Waals surface area contributed by atoms with Crippen molar-refractivity contribution < 1.29 is 9.94 Å². The molecule has 1 atom stereocenters. The smallest absolute Gasteiger partial charge is 0.170 e. The molecule has 1 unspecified atom stereocenters. The molecule has 1 aromatic heterocycles. The van der Waals surface area contributed by atoms with Gasteiger partial charge < -0.3 is 5.11 Å². The molecule has 1 fully saturated rings. The maximum absolute atomic E-state index is 9.44. The third-order valence-electron chi connectivity index (χ3n) is 3.19. The third-order valence-corrected chi connectivity index (χ3v) is 3.19. The van der Waals surface area contributed by atoms with E-state index in [1.54, 1.807) is 0 Å². The van der Waals surface area contributed by atoms with Gasteiger partial charge in [-0.05, 0) is 30.9 Å². The maximum Gasteiger partial charge on any atom is 0.170 e. The van der Waals surface area contributed by atoms with E-state index in [1.807, 2.05) is 6.07 Å². The average molecular weight is 231 g/mol. The second-order valence-corrected chi connectivity index (χ2v) is 4.44. The van der Waals surface area contributed by atoms with Crippen molar-refractivity contribution in [3.05, 3.63) is 22.9 Å². The van der Waals surface area contributed by atoms with Gasteiger partial charge in [-0.2, -0.15) is 5.26 Å². The number of rotatable bonds is 1. The number of aromatic nitrogens is 1. The molecule has 1 aliphatic heterocycles. The summed E-state index contributed by atoms with van der Waals surface area (Å²) in [5.74, 6) is 0.546. The highest BCUT2D eigenvalue weighted by Crippen LogP contribution is 2.28. The molecule has 3 rings (SSSR count). The molecule has 0 bridgehead atoms. The molecule has 5 nitrogen and oxygen atoms in total. The molecule has 2 aliphatic rings. The fraction of sp³-hybridized carbons (Fsp3) is 0.500. The molecular weight excluding hydrogens is 218 g/mol. The van der Waals surface area contributed by atoms with Crippen LogP contribution < -0.4 is 5.06 Å². The van der Waals surface area contributed by atoms with Crippen molar-refractivity contribution in [2.45, 2.75) is 25.4 Å². The Morgan fingerprint density at radius 1 is 1.53 bits per heavy atom. The largest absolute Gasteiger partial charge is 0.389 e. The zero-order valence-electron chi connectivity index (χ0n) is 9.39. The van der Waals surface area contributed by atoms with Crippen molar-refractivity contribution in [2.75, 3.05) is 18.2 Å². The van der Waals surface area contributed by atoms with Crippen LogP contribution in [0.3, 0.4) is 0 Å². The molecule has 1 N–H and O–H groups in total. The lowest BCUT2D eigenvalue weighted by Gasteiger charge is -2.17. The normalized spacial score (nSPS) is 22.6. The number of fused-ring (bicyclic) bond motifs is 1. The van der Waals surface area contributed by atoms with E-state index in [0.717, 1.165) is 25.0 Å². The summed E-state index contributed by atoms with van der Waals surface area (Å²) in [7, 11) is 0. The van der Waals surface area contributed by atoms with Gasteiger partial charge in [-0.3, -0.25) is 4.84 Å². The Morgan fingerprint density at radius 3 is 3.12 bits per heavy atom. The molecule has 0 radical (unpaired) electrons. The Labute approximate surface area is 99.2 Å². The van der Waals surface area contributed by atoms with E-state index in [0.29, 0.717) is 17.9 Å². The number of aliphatic hydroxyl groups excluding tert-OH is 1. The Kier molecular flexibility index (Phi) is 2.46. The number of pyridine rings is 1. The first-order valence-electron chi connectivity index (χ1n) is 5.79. The first kappa shape index (κ1) is 10.5. The summed E-state index contributed by atoms with van der Waals surface area (Å²) in [6.45, 7) is 0.643. The molecular formula is C12H13N3O2. The number of hydrogen-bond acceptors (Lipinski definition) is 5. The molecule has 1 aromatic rings. The summed E-state index contributed by atoms with van der Waals surface area (Å²) in [6, 6.07) is 4.05. The van der Waals surface area contributed by atoms with Gasteiger partial charge in [-0.15, -0.1) is 0 Å². The number of nitriles is 1. The minimum atomic E-state index is -0.503. The first-order valence-corrected chi connectivity index (χ1v) is 5.79. The first-order chi connectivity index (χ1) is 8.28. The number of aliphatic hydroxyl groups is 1. The van der Waals surface area contributed by atoms with Crippen molar-refractivity contribution in [3.8, 4) is 6.07 Å². The number of hydroxylamine groups is 1. The summed E-state index contributed by atoms with van der Waals surface area (Å²) in [4.78, 5) is 9.83. The van der Waals surface area contributed by atoms with Crippen LogP contribution in [-0.2, 0) is 17.7 Å². The summed E-state index contributed by atoms with van der Waals surface area (Å²) >= 11 is 0. The molecule has 1 aliphatic carbocycles. The van der Waals surface area contributed by atoms with Crippen molar-refractivity contribution in [1.29, 1.82) is 5.26 Å². The van der Waals surface area contributed by atoms with Gasteiger partial charge in [0.2, 0.25) is 0 Å². The monoisotopic (exact) mass is 231 g/mol. The predicted octanol–water partition coefficient (Wildman–Crippen LogP) is 0.554. The van der Waals surface area contributed by atoms with Gasteiger partial charge in [0.05, 0.1) is 18.2 Å². The van der Waals surface area contributed by atoms with Crippen LogP contribution in [0.2, 0.25) is 0 Å². The molecule has 0 spiro atoms. The molecule has 1 saturated heterocycles. The number of hydrogen-bond donors (Lipinski definition) is 1. The Hall–Kier alpha value is -1.64. The fourth-order valence-corrected chi connectivity index (χ4v) is 2.35. The Morgan fingerprint density at radius 2 is 2.41 bits per heavy atom. The summed E-state index contributed by atoms with van der Waals surface area (Å²) in [5.41, 5.74) is 2.76. The van der Waals surface area contributed by atoms with Crippen LogP contribution in [0.25, 0.3) is 0 Å². The van der Waals surface area contributed by atoms with Crippen LogP contribution >= 0.6 is 0 Å². The highest BCUT2D eigenvalue weighted by atomic mass is 16.7. The van der Waals surface area contributed by atoms with E-state index < -0.39 is 6.10 Å². The molecule has 5 heteroatoms. The van der Waals surface area contributed by atoms with E-state index in [-0.39, 0.29) is 6.61 Å². The minimum absolute atomic E-state index is 0.267. The molecule has 17 heavy (non-hydrogen) atoms. The fourth-order valence-electron chi connectivity index (χ4n) is 2.35. The molecule has 0 saturated carbocycles. The van der Waals surface area contributed by atoms with Crippen LogP contribution in [-0.4, -0.2) is 29.3 Å². The highest BCUT2D eigenvalue weighted by Gasteiger charge is 2.27. The second kappa shape index (κ2) is 3.99. The lowest BCUT2D eigenvalue weighted by atomic mass is 10.1. The zero-order valence-corrected chi connectivity index (χ0v) is 9.39. The van der Waals surface area contributed by atoms with Gasteiger partial charge in [-0.25, -0.2) is 10.0 Å². The zero-order chi connectivity index (χ0) is 11.8. The van der Waals surface area contributed by atoms with Gasteiger partial charge in [0.15, 0.2) is 5.82 Å². The second-order valence-electron chi connectivity index (χ2n) is 4.44. The van der Waals surface area contributed by atoms with Gasteiger partial charge in [-0.1, -0.05) is 0 Å². The number of aryl methyl sites for hydroxylation is 2. The third kappa shape index (κ3) is 1.75. The van der Waals surface area contributed by atoms with E-state index in [9.17, 15) is 5.11 Å². The van der Waals surface area contributed by atoms with Crippen LogP contribution in [0.5, 0.6) is 0 Å². The van der Waals surface area contributed by atoms with E-state index in [1.165, 1.54) is 10.6 Å². The number of β-amino-alcohol motifs (C(OH)–C–C–N with tert-alkyl or cyclic N) is 1. The van der Waals surface area contributed by atoms with E-state index in [2.05, 4.69) is 11.1 Å². The average Bonchev–Trinajstić information content (AvgIpc) is 2.94. The summed E-state index contributed by atoms with van der Waals surface area (Å²) < 4.78 is 0. The molecule has 0 amide bonds. The Balaban J connectivity index is 2.01. The van der Waals surface area contributed by atoms with Crippen molar-refractivity contribution >= 4 is 5.82 Å². The van der Waals surface area contributed by atoms with Crippen LogP contribution in [0.1, 0.15) is 23.2 Å². The van der Waals surface area contributed by atoms with Crippen LogP contribution in [0, 0.1) is 11.3 Å². The topological polar surface area (TPSA) is 69.4 Å². The van der Waals surface area contributed by atoms with Crippen LogP contribution in [0.15, 0.2) is 6.07 Å². The molecule has 0 aromatic carbocycles. The van der Waals surface area contributed by atoms with Crippen molar-refractivity contribution in [3.63, 3.8) is 0 Å². The molecule has 88 valence electrons. The summed E-state index contributed by atoms with van der Waals surface area (Å²) in [5, 5.41) is 20.1. The summed E-state index contributed by atoms with van der Waals surface area (Å²) in [6.07, 6.45) is 2.56. The van der Waals surface area contributed by atoms with Crippen molar-refractivity contribution in [2.24, 2.45) is 0 Å². The standard InChI is InChI=1S/C12H13N3O2/c13-5-9-4-8-2-1-3-11(8)14-12(9)15-6-10(16)7-17-15/h4,10,16H,1-3,6-7H2. The van der Waals surface area contributed by atoms with Crippen LogP contribution in [0.4, 0.5) is 5.82 Å². The van der Waals surface area contributed by atoms with E-state index in [4.69, 9.17) is 10.1 Å². The van der Waals surface area contributed by atoms with Gasteiger partial charge in [0.1, 0.15) is 12.7 Å². The highest BCUT2D eigenvalue weighted by molar-refractivity contribution is 5.55. The van der Waals surface area contributed by atoms with E-state index >= 15 is 0 Å². The molecule has 2 heterocycles. The van der Waals surface area contributed by atoms with Gasteiger partial charge >= 0.3 is 0 Å². The van der Waals surface area contributed by atoms with Gasteiger partial charge in [0.25, 0.3) is 0 Å². The quantitative estimate of drug-likeness (QED) is 0.764. The van der Waals surface area contributed by atoms with Crippen molar-refractivity contribution in [1.82, 2.24) is 4.98 Å². The SMILES string of the molecule is N#Cc1cc2c(nc1N1CC(O)CO1)CCC2. The lowest BCUT2D eigenvalue weighted by molar-refractivity contribution is 0.115. The number of nitrogens with zero attached hydrogens (tertiary/aromatic N) is 3. The Bertz CT molecular complexity index is 495. The maximum atomic E-state index is 9.44. The lowest BCUT2D eigenvalue weighted by Crippen LogP contribution is -2.22. The predicted molar refractivity (Wildman–Crippen MR) is 60.3 cm³/mol. The van der Waals surface area contributed by atoms with Gasteiger partial charge in [0, 0.05) is 5.69 Å². The minimum Gasteiger partial charge on any atom is -0.389 e. The number of anilines is 1.